The Morgan fingerprint density at radius 1 is 1.33 bits per heavy atom. The lowest BCUT2D eigenvalue weighted by molar-refractivity contribution is 0.0790. The third kappa shape index (κ3) is 3.38. The van der Waals surface area contributed by atoms with E-state index in [0.29, 0.717) is 23.6 Å². The van der Waals surface area contributed by atoms with Crippen LogP contribution in [0.4, 0.5) is 0 Å². The van der Waals surface area contributed by atoms with Crippen molar-refractivity contribution in [3.63, 3.8) is 0 Å². The van der Waals surface area contributed by atoms with Gasteiger partial charge >= 0.3 is 0 Å². The zero-order valence-electron chi connectivity index (χ0n) is 11.1. The van der Waals surface area contributed by atoms with Crippen molar-refractivity contribution >= 4 is 21.8 Å². The molecule has 1 rings (SSSR count). The van der Waals surface area contributed by atoms with Gasteiger partial charge in [-0.05, 0) is 12.1 Å². The number of alkyl halides is 1. The number of ether oxygens (including phenoxy) is 2. The van der Waals surface area contributed by atoms with E-state index in [1.165, 1.54) is 0 Å². The van der Waals surface area contributed by atoms with E-state index in [-0.39, 0.29) is 10.7 Å². The van der Waals surface area contributed by atoms with Crippen LogP contribution in [-0.2, 0) is 0 Å². The second-order valence-corrected chi connectivity index (χ2v) is 5.57. The molecule has 0 aromatic heterocycles. The molecule has 0 bridgehead atoms. The molecule has 1 unspecified atom stereocenters. The van der Waals surface area contributed by atoms with E-state index in [9.17, 15) is 4.79 Å². The summed E-state index contributed by atoms with van der Waals surface area (Å²) in [6.07, 6.45) is 0. The van der Waals surface area contributed by atoms with Gasteiger partial charge in [0, 0.05) is 18.4 Å². The molecule has 0 aliphatic carbocycles. The van der Waals surface area contributed by atoms with Gasteiger partial charge in [-0.25, -0.2) is 0 Å². The lowest BCUT2D eigenvalue weighted by atomic mass is 10.1. The lowest BCUT2D eigenvalue weighted by Crippen LogP contribution is -2.31. The molecule has 0 N–H and O–H groups in total. The third-order valence-electron chi connectivity index (χ3n) is 2.51. The largest absolute Gasteiger partial charge is 0.496 e. The Labute approximate surface area is 116 Å². The Kier molecular flexibility index (Phi) is 5.47. The van der Waals surface area contributed by atoms with Crippen molar-refractivity contribution in [3.8, 4) is 11.5 Å². The maximum absolute atomic E-state index is 12.4. The van der Waals surface area contributed by atoms with Crippen LogP contribution in [0, 0.1) is 0 Å². The molecular weight excluding hydrogens is 298 g/mol. The van der Waals surface area contributed by atoms with Crippen molar-refractivity contribution in [2.75, 3.05) is 27.8 Å². The van der Waals surface area contributed by atoms with Gasteiger partial charge in [-0.3, -0.25) is 4.79 Å². The number of hydrogen-bond acceptors (Lipinski definition) is 3. The van der Waals surface area contributed by atoms with Crippen molar-refractivity contribution in [3.05, 3.63) is 23.8 Å². The predicted molar refractivity (Wildman–Crippen MR) is 74.9 cm³/mol. The third-order valence-corrected chi connectivity index (χ3v) is 2.80. The van der Waals surface area contributed by atoms with Crippen LogP contribution in [0.15, 0.2) is 18.2 Å². The topological polar surface area (TPSA) is 38.8 Å². The van der Waals surface area contributed by atoms with Crippen LogP contribution in [0.2, 0.25) is 0 Å². The van der Waals surface area contributed by atoms with Gasteiger partial charge in [0.15, 0.2) is 0 Å². The number of benzene rings is 1. The Hall–Kier alpha value is -1.23. The molecule has 0 spiro atoms. The van der Waals surface area contributed by atoms with Gasteiger partial charge in [0.05, 0.1) is 14.2 Å². The molecule has 100 valence electrons. The molecule has 5 heteroatoms. The smallest absolute Gasteiger partial charge is 0.261 e. The monoisotopic (exact) mass is 315 g/mol. The molecule has 0 radical (unpaired) electrons. The number of halogens is 1. The zero-order chi connectivity index (χ0) is 13.7. The lowest BCUT2D eigenvalue weighted by Gasteiger charge is -2.21. The SMILES string of the molecule is COc1cccc(OC)c1C(=O)N(C)CC(C)Br. The second-order valence-electron chi connectivity index (χ2n) is 4.00. The summed E-state index contributed by atoms with van der Waals surface area (Å²) < 4.78 is 10.4. The summed E-state index contributed by atoms with van der Waals surface area (Å²) in [6, 6.07) is 5.30. The Morgan fingerprint density at radius 2 is 1.83 bits per heavy atom. The van der Waals surface area contributed by atoms with Crippen LogP contribution in [0.1, 0.15) is 17.3 Å². The van der Waals surface area contributed by atoms with Crippen LogP contribution < -0.4 is 9.47 Å². The van der Waals surface area contributed by atoms with Crippen LogP contribution >= 0.6 is 15.9 Å². The van der Waals surface area contributed by atoms with E-state index in [2.05, 4.69) is 15.9 Å². The highest BCUT2D eigenvalue weighted by molar-refractivity contribution is 9.09. The number of methoxy groups -OCH3 is 2. The fraction of sp³-hybridized carbons (Fsp3) is 0.462. The van der Waals surface area contributed by atoms with Gasteiger partial charge < -0.3 is 14.4 Å². The summed E-state index contributed by atoms with van der Waals surface area (Å²) >= 11 is 3.43. The van der Waals surface area contributed by atoms with E-state index < -0.39 is 0 Å². The molecule has 1 aromatic rings. The van der Waals surface area contributed by atoms with Crippen LogP contribution in [0.25, 0.3) is 0 Å². The molecule has 1 atom stereocenters. The quantitative estimate of drug-likeness (QED) is 0.784. The Bertz CT molecular complexity index is 398. The fourth-order valence-electron chi connectivity index (χ4n) is 1.71. The van der Waals surface area contributed by atoms with Gasteiger partial charge in [0.25, 0.3) is 5.91 Å². The highest BCUT2D eigenvalue weighted by Crippen LogP contribution is 2.29. The minimum atomic E-state index is -0.115. The van der Waals surface area contributed by atoms with Crippen molar-refractivity contribution in [2.45, 2.75) is 11.8 Å². The van der Waals surface area contributed by atoms with Gasteiger partial charge in [-0.1, -0.05) is 28.9 Å². The first-order chi connectivity index (χ1) is 8.51. The average molecular weight is 316 g/mol. The first-order valence-electron chi connectivity index (χ1n) is 5.61. The molecule has 0 heterocycles. The zero-order valence-corrected chi connectivity index (χ0v) is 12.7. The molecule has 0 aliphatic heterocycles. The molecule has 0 aliphatic rings. The molecule has 0 saturated carbocycles. The molecule has 0 fully saturated rings. The van der Waals surface area contributed by atoms with Crippen molar-refractivity contribution in [1.29, 1.82) is 0 Å². The summed E-state index contributed by atoms with van der Waals surface area (Å²) in [5.41, 5.74) is 0.457. The van der Waals surface area contributed by atoms with Crippen molar-refractivity contribution in [2.24, 2.45) is 0 Å². The van der Waals surface area contributed by atoms with Crippen LogP contribution in [0.3, 0.4) is 0 Å². The van der Waals surface area contributed by atoms with Crippen LogP contribution in [-0.4, -0.2) is 43.4 Å². The van der Waals surface area contributed by atoms with E-state index in [1.807, 2.05) is 6.92 Å². The Morgan fingerprint density at radius 3 is 2.22 bits per heavy atom. The average Bonchev–Trinajstić information content (AvgIpc) is 2.35. The van der Waals surface area contributed by atoms with E-state index in [4.69, 9.17) is 9.47 Å². The number of amides is 1. The molecule has 1 amide bonds. The highest BCUT2D eigenvalue weighted by Gasteiger charge is 2.22. The van der Waals surface area contributed by atoms with Crippen LogP contribution in [0.5, 0.6) is 11.5 Å². The number of carbonyl (C=O) groups is 1. The van der Waals surface area contributed by atoms with Gasteiger partial charge in [0.1, 0.15) is 17.1 Å². The summed E-state index contributed by atoms with van der Waals surface area (Å²) in [5, 5.41) is 0. The van der Waals surface area contributed by atoms with Gasteiger partial charge in [-0.2, -0.15) is 0 Å². The number of carbonyl (C=O) groups excluding carboxylic acids is 1. The van der Waals surface area contributed by atoms with E-state index in [1.54, 1.807) is 44.4 Å². The standard InChI is InChI=1S/C13H18BrNO3/c1-9(14)8-15(2)13(16)12-10(17-3)6-5-7-11(12)18-4/h5-7,9H,8H2,1-4H3. The minimum absolute atomic E-state index is 0.115. The molecular formula is C13H18BrNO3. The van der Waals surface area contributed by atoms with Crippen molar-refractivity contribution < 1.29 is 14.3 Å². The maximum Gasteiger partial charge on any atom is 0.261 e. The van der Waals surface area contributed by atoms with Gasteiger partial charge in [-0.15, -0.1) is 0 Å². The predicted octanol–water partition coefficient (Wildman–Crippen LogP) is 2.56. The summed E-state index contributed by atoms with van der Waals surface area (Å²) in [5.74, 6) is 0.928. The van der Waals surface area contributed by atoms with E-state index >= 15 is 0 Å². The molecule has 0 saturated heterocycles. The normalized spacial score (nSPS) is 11.8. The second kappa shape index (κ2) is 6.64. The number of rotatable bonds is 5. The molecule has 1 aromatic carbocycles. The van der Waals surface area contributed by atoms with Crippen molar-refractivity contribution in [1.82, 2.24) is 4.90 Å². The summed E-state index contributed by atoms with van der Waals surface area (Å²) in [4.78, 5) is 14.3. The maximum atomic E-state index is 12.4. The summed E-state index contributed by atoms with van der Waals surface area (Å²) in [6.45, 7) is 2.60. The van der Waals surface area contributed by atoms with E-state index in [0.717, 1.165) is 0 Å². The molecule has 4 nitrogen and oxygen atoms in total. The van der Waals surface area contributed by atoms with Gasteiger partial charge in [0.2, 0.25) is 0 Å². The first kappa shape index (κ1) is 14.8. The first-order valence-corrected chi connectivity index (χ1v) is 6.53. The number of nitrogens with zero attached hydrogens (tertiary/aromatic N) is 1. The molecule has 18 heavy (non-hydrogen) atoms. The fourth-order valence-corrected chi connectivity index (χ4v) is 2.15. The Balaban J connectivity index is 3.10. The summed E-state index contributed by atoms with van der Waals surface area (Å²) in [7, 11) is 4.84. The minimum Gasteiger partial charge on any atom is -0.496 e. The highest BCUT2D eigenvalue weighted by atomic mass is 79.9. The number of hydrogen-bond donors (Lipinski definition) is 0.